The number of aliphatic carboxylic acids is 1. The normalized spacial score (nSPS) is 23.3. The van der Waals surface area contributed by atoms with Gasteiger partial charge in [-0.25, -0.2) is 4.79 Å². The average molecular weight is 270 g/mol. The fraction of sp³-hybridized carbons (Fsp3) is 0.600. The molecule has 1 fully saturated rings. The molecule has 1 saturated carbocycles. The van der Waals surface area contributed by atoms with Crippen LogP contribution < -0.4 is 10.6 Å². The van der Waals surface area contributed by atoms with Crippen LogP contribution in [0.25, 0.3) is 0 Å². The summed E-state index contributed by atoms with van der Waals surface area (Å²) in [5.41, 5.74) is 1.52. The molecule has 3 N–H and O–H groups in total. The maximum atomic E-state index is 11.6. The van der Waals surface area contributed by atoms with Crippen molar-refractivity contribution in [3.63, 3.8) is 0 Å². The van der Waals surface area contributed by atoms with Crippen molar-refractivity contribution in [3.8, 4) is 0 Å². The van der Waals surface area contributed by atoms with Gasteiger partial charge in [-0.1, -0.05) is 17.8 Å². The molecule has 18 heavy (non-hydrogen) atoms. The smallest absolute Gasteiger partial charge is 0.321 e. The fourth-order valence-electron chi connectivity index (χ4n) is 2.09. The van der Waals surface area contributed by atoms with E-state index in [9.17, 15) is 9.59 Å². The van der Waals surface area contributed by atoms with Crippen LogP contribution in [0.4, 0.5) is 9.93 Å². The van der Waals surface area contributed by atoms with Crippen LogP contribution in [0.1, 0.15) is 25.7 Å². The number of urea groups is 1. The van der Waals surface area contributed by atoms with Crippen molar-refractivity contribution in [2.45, 2.75) is 31.7 Å². The highest BCUT2D eigenvalue weighted by atomic mass is 32.1. The summed E-state index contributed by atoms with van der Waals surface area (Å²) < 4.78 is 0. The predicted octanol–water partition coefficient (Wildman–Crippen LogP) is 1.30. The molecule has 0 aromatic carbocycles. The van der Waals surface area contributed by atoms with E-state index in [1.165, 1.54) is 16.8 Å². The number of amides is 2. The third-order valence-corrected chi connectivity index (χ3v) is 3.55. The molecular weight excluding hydrogens is 256 g/mol. The highest BCUT2D eigenvalue weighted by Crippen LogP contribution is 2.24. The lowest BCUT2D eigenvalue weighted by Crippen LogP contribution is -2.42. The van der Waals surface area contributed by atoms with Crippen LogP contribution in [0.5, 0.6) is 0 Å². The number of carbonyl (C=O) groups excluding carboxylic acids is 1. The molecule has 2 unspecified atom stereocenters. The summed E-state index contributed by atoms with van der Waals surface area (Å²) in [6.07, 6.45) is 2.80. The van der Waals surface area contributed by atoms with Gasteiger partial charge in [0.1, 0.15) is 5.51 Å². The Hall–Kier alpha value is -1.70. The molecule has 1 heterocycles. The Kier molecular flexibility index (Phi) is 4.08. The SMILES string of the molecule is O=C(Nc1nncs1)NC1CCCC(C(=O)O)C1. The first-order chi connectivity index (χ1) is 8.65. The Labute approximate surface area is 108 Å². The molecule has 98 valence electrons. The van der Waals surface area contributed by atoms with Crippen molar-refractivity contribution in [1.29, 1.82) is 0 Å². The van der Waals surface area contributed by atoms with Crippen molar-refractivity contribution in [1.82, 2.24) is 15.5 Å². The van der Waals surface area contributed by atoms with Crippen molar-refractivity contribution >= 4 is 28.5 Å². The molecule has 1 aromatic rings. The van der Waals surface area contributed by atoms with E-state index in [0.717, 1.165) is 12.8 Å². The molecule has 0 aliphatic heterocycles. The number of rotatable bonds is 3. The van der Waals surface area contributed by atoms with E-state index in [1.807, 2.05) is 0 Å². The Morgan fingerprint density at radius 3 is 2.94 bits per heavy atom. The van der Waals surface area contributed by atoms with Crippen LogP contribution >= 0.6 is 11.3 Å². The molecule has 2 amide bonds. The maximum Gasteiger partial charge on any atom is 0.321 e. The second-order valence-electron chi connectivity index (χ2n) is 4.24. The van der Waals surface area contributed by atoms with Crippen LogP contribution in [0.3, 0.4) is 0 Å². The first-order valence-corrected chi connectivity index (χ1v) is 6.59. The topological polar surface area (TPSA) is 104 Å². The molecule has 8 heteroatoms. The second kappa shape index (κ2) is 5.76. The second-order valence-corrected chi connectivity index (χ2v) is 5.07. The zero-order valence-electron chi connectivity index (χ0n) is 9.63. The van der Waals surface area contributed by atoms with E-state index >= 15 is 0 Å². The van der Waals surface area contributed by atoms with E-state index in [2.05, 4.69) is 20.8 Å². The van der Waals surface area contributed by atoms with Crippen LogP contribution in [0.15, 0.2) is 5.51 Å². The molecule has 1 aromatic heterocycles. The van der Waals surface area contributed by atoms with Gasteiger partial charge in [0, 0.05) is 6.04 Å². The number of carboxylic acid groups (broad SMARTS) is 1. The predicted molar refractivity (Wildman–Crippen MR) is 65.4 cm³/mol. The summed E-state index contributed by atoms with van der Waals surface area (Å²) >= 11 is 1.23. The van der Waals surface area contributed by atoms with Crippen LogP contribution in [-0.4, -0.2) is 33.3 Å². The van der Waals surface area contributed by atoms with Crippen molar-refractivity contribution in [2.24, 2.45) is 5.92 Å². The van der Waals surface area contributed by atoms with Crippen molar-refractivity contribution in [3.05, 3.63) is 5.51 Å². The Balaban J connectivity index is 1.81. The minimum Gasteiger partial charge on any atom is -0.481 e. The summed E-state index contributed by atoms with van der Waals surface area (Å²) in [7, 11) is 0. The Morgan fingerprint density at radius 1 is 1.44 bits per heavy atom. The quantitative estimate of drug-likeness (QED) is 0.768. The van der Waals surface area contributed by atoms with Gasteiger partial charge in [-0.2, -0.15) is 0 Å². The number of nitrogens with zero attached hydrogens (tertiary/aromatic N) is 2. The third kappa shape index (κ3) is 3.39. The van der Waals surface area contributed by atoms with Crippen LogP contribution in [0.2, 0.25) is 0 Å². The first-order valence-electron chi connectivity index (χ1n) is 5.71. The molecule has 1 aliphatic rings. The molecular formula is C10H14N4O3S. The number of anilines is 1. The molecule has 0 bridgehead atoms. The molecule has 2 atom stereocenters. The Bertz CT molecular complexity index is 423. The van der Waals surface area contributed by atoms with Crippen molar-refractivity contribution < 1.29 is 14.7 Å². The van der Waals surface area contributed by atoms with E-state index in [0.29, 0.717) is 18.0 Å². The summed E-state index contributed by atoms with van der Waals surface area (Å²) in [6, 6.07) is -0.449. The number of hydrogen-bond donors (Lipinski definition) is 3. The fourth-order valence-corrected chi connectivity index (χ4v) is 2.53. The van der Waals surface area contributed by atoms with Crippen molar-refractivity contribution in [2.75, 3.05) is 5.32 Å². The number of nitrogens with one attached hydrogen (secondary N) is 2. The summed E-state index contributed by atoms with van der Waals surface area (Å²) in [5.74, 6) is -1.14. The summed E-state index contributed by atoms with van der Waals surface area (Å²) in [5, 5.41) is 22.0. The van der Waals surface area contributed by atoms with E-state index < -0.39 is 5.97 Å². The lowest BCUT2D eigenvalue weighted by molar-refractivity contribution is -0.143. The lowest BCUT2D eigenvalue weighted by Gasteiger charge is -2.27. The highest BCUT2D eigenvalue weighted by molar-refractivity contribution is 7.13. The number of carboxylic acids is 1. The van der Waals surface area contributed by atoms with Gasteiger partial charge in [0.2, 0.25) is 5.13 Å². The highest BCUT2D eigenvalue weighted by Gasteiger charge is 2.27. The van der Waals surface area contributed by atoms with Gasteiger partial charge in [-0.15, -0.1) is 10.2 Å². The monoisotopic (exact) mass is 270 g/mol. The zero-order valence-corrected chi connectivity index (χ0v) is 10.4. The van der Waals surface area contributed by atoms with Gasteiger partial charge in [0.25, 0.3) is 0 Å². The van der Waals surface area contributed by atoms with Gasteiger partial charge in [0.15, 0.2) is 0 Å². The van der Waals surface area contributed by atoms with Gasteiger partial charge in [-0.05, 0) is 19.3 Å². The van der Waals surface area contributed by atoms with Gasteiger partial charge >= 0.3 is 12.0 Å². The standard InChI is InChI=1S/C10H14N4O3S/c15-8(16)6-2-1-3-7(4-6)12-9(17)13-10-14-11-5-18-10/h5-7H,1-4H2,(H,15,16)(H2,12,13,14,17). The minimum atomic E-state index is -0.786. The zero-order chi connectivity index (χ0) is 13.0. The van der Waals surface area contributed by atoms with E-state index in [-0.39, 0.29) is 18.0 Å². The number of hydrogen-bond acceptors (Lipinski definition) is 5. The molecule has 0 spiro atoms. The molecule has 2 rings (SSSR count). The largest absolute Gasteiger partial charge is 0.481 e. The number of aromatic nitrogens is 2. The maximum absolute atomic E-state index is 11.6. The summed E-state index contributed by atoms with van der Waals surface area (Å²) in [6.45, 7) is 0. The Morgan fingerprint density at radius 2 is 2.28 bits per heavy atom. The molecule has 7 nitrogen and oxygen atoms in total. The lowest BCUT2D eigenvalue weighted by atomic mass is 9.86. The average Bonchev–Trinajstić information content (AvgIpc) is 2.82. The van der Waals surface area contributed by atoms with Gasteiger partial charge < -0.3 is 10.4 Å². The van der Waals surface area contributed by atoms with Gasteiger partial charge in [-0.3, -0.25) is 10.1 Å². The van der Waals surface area contributed by atoms with E-state index in [4.69, 9.17) is 5.11 Å². The van der Waals surface area contributed by atoms with Gasteiger partial charge in [0.05, 0.1) is 5.92 Å². The number of carbonyl (C=O) groups is 2. The minimum absolute atomic E-state index is 0.0900. The van der Waals surface area contributed by atoms with E-state index in [1.54, 1.807) is 0 Å². The van der Waals surface area contributed by atoms with Crippen LogP contribution in [0, 0.1) is 5.92 Å². The summed E-state index contributed by atoms with van der Waals surface area (Å²) in [4.78, 5) is 22.5. The molecule has 1 aliphatic carbocycles. The van der Waals surface area contributed by atoms with Crippen LogP contribution in [-0.2, 0) is 4.79 Å². The third-order valence-electron chi connectivity index (χ3n) is 2.94. The first kappa shape index (κ1) is 12.7. The molecule has 0 radical (unpaired) electrons. The molecule has 0 saturated heterocycles.